The van der Waals surface area contributed by atoms with Gasteiger partial charge in [0.05, 0.1) is 6.20 Å². The number of nitrogen functional groups attached to an aromatic ring is 1. The molecule has 0 atom stereocenters. The normalized spacial score (nSPS) is 10.3. The predicted octanol–water partition coefficient (Wildman–Crippen LogP) is 2.08. The van der Waals surface area contributed by atoms with Crippen molar-refractivity contribution < 1.29 is 4.39 Å². The van der Waals surface area contributed by atoms with Gasteiger partial charge >= 0.3 is 0 Å². The molecular formula is C13H16FN5. The molecule has 0 unspecified atom stereocenters. The molecule has 2 rings (SSSR count). The zero-order chi connectivity index (χ0) is 13.7. The molecule has 0 radical (unpaired) electrons. The summed E-state index contributed by atoms with van der Waals surface area (Å²) in [6.45, 7) is 2.59. The van der Waals surface area contributed by atoms with Gasteiger partial charge in [0.15, 0.2) is 11.6 Å². The number of hydrogen-bond acceptors (Lipinski definition) is 5. The largest absolute Gasteiger partial charge is 0.363 e. The standard InChI is InChI=1S/C13H16FN5/c1-2-9-5-3-4-6-10(9)7-16-12-11(14)8-17-13(18-12)19-15/h3-6,8H,2,7,15H2,1H3,(H2,16,17,18,19). The Bertz CT molecular complexity index is 558. The van der Waals surface area contributed by atoms with E-state index in [0.717, 1.165) is 18.2 Å². The van der Waals surface area contributed by atoms with Crippen LogP contribution in [0.2, 0.25) is 0 Å². The Hall–Kier alpha value is -2.21. The molecule has 1 heterocycles. The quantitative estimate of drug-likeness (QED) is 0.567. The van der Waals surface area contributed by atoms with Crippen LogP contribution in [0.4, 0.5) is 16.2 Å². The zero-order valence-electron chi connectivity index (χ0n) is 10.7. The number of hydrogen-bond donors (Lipinski definition) is 3. The third kappa shape index (κ3) is 3.17. The van der Waals surface area contributed by atoms with Crippen LogP contribution >= 0.6 is 0 Å². The summed E-state index contributed by atoms with van der Waals surface area (Å²) in [5.41, 5.74) is 4.63. The molecule has 6 heteroatoms. The number of nitrogens with one attached hydrogen (secondary N) is 2. The van der Waals surface area contributed by atoms with Gasteiger partial charge < -0.3 is 5.32 Å². The summed E-state index contributed by atoms with van der Waals surface area (Å²) >= 11 is 0. The molecular weight excluding hydrogens is 245 g/mol. The van der Waals surface area contributed by atoms with Gasteiger partial charge in [0.2, 0.25) is 5.95 Å². The Morgan fingerprint density at radius 3 is 2.68 bits per heavy atom. The fourth-order valence-electron chi connectivity index (χ4n) is 1.81. The van der Waals surface area contributed by atoms with Crippen molar-refractivity contribution in [1.82, 2.24) is 9.97 Å². The lowest BCUT2D eigenvalue weighted by molar-refractivity contribution is 0.617. The van der Waals surface area contributed by atoms with Crippen molar-refractivity contribution in [3.63, 3.8) is 0 Å². The van der Waals surface area contributed by atoms with Crippen LogP contribution in [0.5, 0.6) is 0 Å². The second-order valence-corrected chi connectivity index (χ2v) is 4.01. The third-order valence-electron chi connectivity index (χ3n) is 2.82. The van der Waals surface area contributed by atoms with E-state index in [0.29, 0.717) is 6.54 Å². The van der Waals surface area contributed by atoms with Crippen LogP contribution in [0.1, 0.15) is 18.1 Å². The van der Waals surface area contributed by atoms with E-state index in [1.165, 1.54) is 5.56 Å². The van der Waals surface area contributed by atoms with E-state index in [-0.39, 0.29) is 11.8 Å². The highest BCUT2D eigenvalue weighted by atomic mass is 19.1. The Kier molecular flexibility index (Phi) is 4.25. The van der Waals surface area contributed by atoms with Gasteiger partial charge in [0, 0.05) is 6.54 Å². The van der Waals surface area contributed by atoms with Crippen molar-refractivity contribution in [2.45, 2.75) is 19.9 Å². The lowest BCUT2D eigenvalue weighted by Gasteiger charge is -2.10. The van der Waals surface area contributed by atoms with Gasteiger partial charge in [-0.3, -0.25) is 5.43 Å². The molecule has 0 aliphatic carbocycles. The Morgan fingerprint density at radius 2 is 2.00 bits per heavy atom. The number of aromatic nitrogens is 2. The molecule has 0 fully saturated rings. The molecule has 0 aliphatic rings. The Balaban J connectivity index is 2.14. The Labute approximate surface area is 111 Å². The van der Waals surface area contributed by atoms with Gasteiger partial charge in [-0.15, -0.1) is 0 Å². The molecule has 1 aromatic heterocycles. The maximum Gasteiger partial charge on any atom is 0.239 e. The number of rotatable bonds is 5. The van der Waals surface area contributed by atoms with E-state index in [1.54, 1.807) is 0 Å². The number of anilines is 2. The average Bonchev–Trinajstić information content (AvgIpc) is 2.46. The van der Waals surface area contributed by atoms with Crippen LogP contribution in [-0.4, -0.2) is 9.97 Å². The fourth-order valence-corrected chi connectivity index (χ4v) is 1.81. The molecule has 0 amide bonds. The first-order valence-electron chi connectivity index (χ1n) is 6.04. The minimum Gasteiger partial charge on any atom is -0.363 e. The molecule has 100 valence electrons. The second kappa shape index (κ2) is 6.10. The lowest BCUT2D eigenvalue weighted by atomic mass is 10.1. The summed E-state index contributed by atoms with van der Waals surface area (Å²) in [4.78, 5) is 7.61. The second-order valence-electron chi connectivity index (χ2n) is 4.01. The van der Waals surface area contributed by atoms with Crippen molar-refractivity contribution in [1.29, 1.82) is 0 Å². The number of aryl methyl sites for hydroxylation is 1. The van der Waals surface area contributed by atoms with Crippen molar-refractivity contribution in [3.8, 4) is 0 Å². The maximum absolute atomic E-state index is 13.5. The van der Waals surface area contributed by atoms with Crippen molar-refractivity contribution >= 4 is 11.8 Å². The number of benzene rings is 1. The highest BCUT2D eigenvalue weighted by Crippen LogP contribution is 2.15. The minimum absolute atomic E-state index is 0.133. The summed E-state index contributed by atoms with van der Waals surface area (Å²) < 4.78 is 13.5. The van der Waals surface area contributed by atoms with Gasteiger partial charge in [-0.1, -0.05) is 31.2 Å². The van der Waals surface area contributed by atoms with E-state index in [9.17, 15) is 4.39 Å². The van der Waals surface area contributed by atoms with Gasteiger partial charge in [-0.2, -0.15) is 4.98 Å². The van der Waals surface area contributed by atoms with E-state index < -0.39 is 5.82 Å². The summed E-state index contributed by atoms with van der Waals surface area (Å²) in [6.07, 6.45) is 2.01. The minimum atomic E-state index is -0.507. The van der Waals surface area contributed by atoms with E-state index in [2.05, 4.69) is 33.7 Å². The van der Waals surface area contributed by atoms with Crippen LogP contribution in [0.3, 0.4) is 0 Å². The van der Waals surface area contributed by atoms with Gasteiger partial charge in [-0.25, -0.2) is 15.2 Å². The molecule has 0 bridgehead atoms. The Morgan fingerprint density at radius 1 is 1.26 bits per heavy atom. The smallest absolute Gasteiger partial charge is 0.239 e. The van der Waals surface area contributed by atoms with Gasteiger partial charge in [0.25, 0.3) is 0 Å². The maximum atomic E-state index is 13.5. The van der Waals surface area contributed by atoms with Crippen molar-refractivity contribution in [2.75, 3.05) is 10.7 Å². The van der Waals surface area contributed by atoms with Gasteiger partial charge in [-0.05, 0) is 17.5 Å². The summed E-state index contributed by atoms with van der Waals surface area (Å²) in [7, 11) is 0. The molecule has 2 aromatic rings. The molecule has 0 saturated heterocycles. The SMILES string of the molecule is CCc1ccccc1CNc1nc(NN)ncc1F. The van der Waals surface area contributed by atoms with Crippen molar-refractivity contribution in [3.05, 3.63) is 47.4 Å². The van der Waals surface area contributed by atoms with Crippen LogP contribution in [-0.2, 0) is 13.0 Å². The molecule has 0 aliphatic heterocycles. The first-order valence-corrected chi connectivity index (χ1v) is 6.04. The van der Waals surface area contributed by atoms with Gasteiger partial charge in [0.1, 0.15) is 0 Å². The monoisotopic (exact) mass is 261 g/mol. The summed E-state index contributed by atoms with van der Waals surface area (Å²) in [5, 5.41) is 2.96. The first-order chi connectivity index (χ1) is 9.24. The van der Waals surface area contributed by atoms with E-state index in [1.807, 2.05) is 18.2 Å². The summed E-state index contributed by atoms with van der Waals surface area (Å²) in [5.74, 6) is 5.00. The molecule has 0 spiro atoms. The number of nitrogens with two attached hydrogens (primary N) is 1. The number of nitrogens with zero attached hydrogens (tertiary/aromatic N) is 2. The van der Waals surface area contributed by atoms with Crippen LogP contribution < -0.4 is 16.6 Å². The van der Waals surface area contributed by atoms with Crippen LogP contribution in [0.15, 0.2) is 30.5 Å². The lowest BCUT2D eigenvalue weighted by Crippen LogP contribution is -2.13. The highest BCUT2D eigenvalue weighted by Gasteiger charge is 2.07. The summed E-state index contributed by atoms with van der Waals surface area (Å²) in [6, 6.07) is 8.01. The van der Waals surface area contributed by atoms with E-state index in [4.69, 9.17) is 5.84 Å². The van der Waals surface area contributed by atoms with Crippen LogP contribution in [0.25, 0.3) is 0 Å². The molecule has 4 N–H and O–H groups in total. The predicted molar refractivity (Wildman–Crippen MR) is 72.9 cm³/mol. The number of halogens is 1. The fraction of sp³-hybridized carbons (Fsp3) is 0.231. The molecule has 1 aromatic carbocycles. The van der Waals surface area contributed by atoms with Crippen molar-refractivity contribution in [2.24, 2.45) is 5.84 Å². The highest BCUT2D eigenvalue weighted by molar-refractivity contribution is 5.42. The average molecular weight is 261 g/mol. The van der Waals surface area contributed by atoms with Crippen LogP contribution in [0, 0.1) is 5.82 Å². The number of hydrazine groups is 1. The molecule has 0 saturated carbocycles. The molecule has 19 heavy (non-hydrogen) atoms. The zero-order valence-corrected chi connectivity index (χ0v) is 10.7. The first kappa shape index (κ1) is 13.2. The topological polar surface area (TPSA) is 75.9 Å². The molecule has 5 nitrogen and oxygen atoms in total. The van der Waals surface area contributed by atoms with E-state index >= 15 is 0 Å². The third-order valence-corrected chi connectivity index (χ3v) is 2.82.